The maximum atomic E-state index is 11.4. The van der Waals surface area contributed by atoms with Gasteiger partial charge in [0.05, 0.1) is 13.7 Å². The van der Waals surface area contributed by atoms with Crippen LogP contribution in [-0.4, -0.2) is 22.9 Å². The summed E-state index contributed by atoms with van der Waals surface area (Å²) in [4.78, 5) is 11.4. The fourth-order valence-corrected chi connectivity index (χ4v) is 3.49. The summed E-state index contributed by atoms with van der Waals surface area (Å²) in [5.41, 5.74) is 5.35. The molecular formula is C24H28N2O2. The van der Waals surface area contributed by atoms with Gasteiger partial charge in [0.15, 0.2) is 0 Å². The molecule has 0 saturated heterocycles. The Bertz CT molecular complexity index is 858. The van der Waals surface area contributed by atoms with Gasteiger partial charge in [0.1, 0.15) is 0 Å². The van der Waals surface area contributed by atoms with Gasteiger partial charge in [-0.2, -0.15) is 5.10 Å². The second-order valence-corrected chi connectivity index (χ2v) is 7.08. The molecule has 0 amide bonds. The summed E-state index contributed by atoms with van der Waals surface area (Å²) in [7, 11) is 1.45. The van der Waals surface area contributed by atoms with Crippen molar-refractivity contribution in [1.29, 1.82) is 0 Å². The van der Waals surface area contributed by atoms with Crippen molar-refractivity contribution in [1.82, 2.24) is 9.78 Å². The molecule has 146 valence electrons. The molecule has 0 spiro atoms. The number of esters is 1. The van der Waals surface area contributed by atoms with Crippen LogP contribution in [0, 0.1) is 0 Å². The van der Waals surface area contributed by atoms with Crippen LogP contribution in [0.1, 0.15) is 41.5 Å². The minimum Gasteiger partial charge on any atom is -0.469 e. The third-order valence-corrected chi connectivity index (χ3v) is 4.98. The van der Waals surface area contributed by atoms with Crippen molar-refractivity contribution in [2.75, 3.05) is 7.11 Å². The summed E-state index contributed by atoms with van der Waals surface area (Å²) in [6, 6.07) is 19.3. The highest BCUT2D eigenvalue weighted by atomic mass is 16.5. The molecule has 0 N–H and O–H groups in total. The van der Waals surface area contributed by atoms with Crippen LogP contribution in [0.2, 0.25) is 0 Å². The van der Waals surface area contributed by atoms with Gasteiger partial charge >= 0.3 is 5.97 Å². The van der Waals surface area contributed by atoms with Crippen LogP contribution in [-0.2, 0) is 35.3 Å². The quantitative estimate of drug-likeness (QED) is 0.486. The first kappa shape index (κ1) is 19.9. The van der Waals surface area contributed by atoms with Gasteiger partial charge in [0, 0.05) is 18.8 Å². The Hall–Kier alpha value is -2.88. The van der Waals surface area contributed by atoms with E-state index < -0.39 is 0 Å². The number of methoxy groups -OCH3 is 1. The predicted molar refractivity (Wildman–Crippen MR) is 111 cm³/mol. The van der Waals surface area contributed by atoms with Gasteiger partial charge in [0.2, 0.25) is 0 Å². The van der Waals surface area contributed by atoms with Crippen LogP contribution >= 0.6 is 0 Å². The summed E-state index contributed by atoms with van der Waals surface area (Å²) in [6.07, 6.45) is 9.20. The molecule has 0 aliphatic heterocycles. The first-order valence-electron chi connectivity index (χ1n) is 9.93. The lowest BCUT2D eigenvalue weighted by molar-refractivity contribution is -0.140. The van der Waals surface area contributed by atoms with Gasteiger partial charge in [-0.15, -0.1) is 0 Å². The van der Waals surface area contributed by atoms with E-state index in [4.69, 9.17) is 4.74 Å². The molecule has 0 bridgehead atoms. The molecule has 0 unspecified atom stereocenters. The second-order valence-electron chi connectivity index (χ2n) is 7.08. The number of hydrogen-bond donors (Lipinski definition) is 0. The molecule has 3 aromatic rings. The number of carbonyl (C=O) groups excluding carboxylic acids is 1. The van der Waals surface area contributed by atoms with Gasteiger partial charge < -0.3 is 4.74 Å². The van der Waals surface area contributed by atoms with Gasteiger partial charge in [0.25, 0.3) is 0 Å². The standard InChI is InChI=1S/C24H28N2O2/c1-28-24(27)13-6-11-22-15-14-21(19-26-17-7-16-25-26)18-23(22)12-5-10-20-8-3-2-4-9-20/h2-4,7-9,14-18H,5-6,10-13,19H2,1H3. The van der Waals surface area contributed by atoms with E-state index in [2.05, 4.69) is 53.6 Å². The summed E-state index contributed by atoms with van der Waals surface area (Å²) in [6.45, 7) is 0.779. The average molecular weight is 377 g/mol. The van der Waals surface area contributed by atoms with E-state index >= 15 is 0 Å². The topological polar surface area (TPSA) is 44.1 Å². The van der Waals surface area contributed by atoms with Gasteiger partial charge in [-0.05, 0) is 60.4 Å². The zero-order chi connectivity index (χ0) is 19.6. The van der Waals surface area contributed by atoms with E-state index in [0.717, 1.165) is 38.6 Å². The molecule has 3 rings (SSSR count). The largest absolute Gasteiger partial charge is 0.469 e. The van der Waals surface area contributed by atoms with Crippen LogP contribution in [0.5, 0.6) is 0 Å². The Morgan fingerprint density at radius 2 is 1.75 bits per heavy atom. The maximum absolute atomic E-state index is 11.4. The van der Waals surface area contributed by atoms with Crippen molar-refractivity contribution >= 4 is 5.97 Å². The highest BCUT2D eigenvalue weighted by Gasteiger charge is 2.08. The summed E-state index contributed by atoms with van der Waals surface area (Å²) in [5, 5.41) is 4.31. The molecule has 1 aromatic heterocycles. The minimum absolute atomic E-state index is 0.138. The molecule has 4 heteroatoms. The van der Waals surface area contributed by atoms with Crippen LogP contribution in [0.25, 0.3) is 0 Å². The molecule has 0 saturated carbocycles. The highest BCUT2D eigenvalue weighted by molar-refractivity contribution is 5.69. The van der Waals surface area contributed by atoms with Crippen molar-refractivity contribution in [3.63, 3.8) is 0 Å². The molecule has 0 aliphatic rings. The number of hydrogen-bond acceptors (Lipinski definition) is 3. The van der Waals surface area contributed by atoms with Crippen molar-refractivity contribution in [2.24, 2.45) is 0 Å². The average Bonchev–Trinajstić information content (AvgIpc) is 3.23. The smallest absolute Gasteiger partial charge is 0.305 e. The van der Waals surface area contributed by atoms with Crippen LogP contribution in [0.4, 0.5) is 0 Å². The fourth-order valence-electron chi connectivity index (χ4n) is 3.49. The van der Waals surface area contributed by atoms with E-state index in [1.54, 1.807) is 0 Å². The zero-order valence-electron chi connectivity index (χ0n) is 16.5. The normalized spacial score (nSPS) is 10.8. The van der Waals surface area contributed by atoms with Crippen molar-refractivity contribution in [2.45, 2.75) is 45.1 Å². The Labute approximate surface area is 167 Å². The van der Waals surface area contributed by atoms with Crippen molar-refractivity contribution in [3.8, 4) is 0 Å². The molecule has 28 heavy (non-hydrogen) atoms. The predicted octanol–water partition coefficient (Wildman–Crippen LogP) is 4.60. The maximum Gasteiger partial charge on any atom is 0.305 e. The van der Waals surface area contributed by atoms with E-state index in [1.165, 1.54) is 29.4 Å². The number of rotatable bonds is 10. The first-order valence-corrected chi connectivity index (χ1v) is 9.93. The molecule has 4 nitrogen and oxygen atoms in total. The van der Waals surface area contributed by atoms with Gasteiger partial charge in [-0.3, -0.25) is 9.48 Å². The van der Waals surface area contributed by atoms with Crippen molar-refractivity contribution in [3.05, 3.63) is 89.2 Å². The lowest BCUT2D eigenvalue weighted by Crippen LogP contribution is -2.05. The second kappa shape index (κ2) is 10.5. The zero-order valence-corrected chi connectivity index (χ0v) is 16.5. The Balaban J connectivity index is 1.67. The number of benzene rings is 2. The fraction of sp³-hybridized carbons (Fsp3) is 0.333. The molecule has 0 radical (unpaired) electrons. The number of nitrogens with zero attached hydrogens (tertiary/aromatic N) is 2. The summed E-state index contributed by atoms with van der Waals surface area (Å²) in [5.74, 6) is -0.138. The molecular weight excluding hydrogens is 348 g/mol. The van der Waals surface area contributed by atoms with E-state index in [0.29, 0.717) is 6.42 Å². The first-order chi connectivity index (χ1) is 13.7. The third kappa shape index (κ3) is 6.08. The SMILES string of the molecule is COC(=O)CCCc1ccc(Cn2cccn2)cc1CCCc1ccccc1. The van der Waals surface area contributed by atoms with E-state index in [-0.39, 0.29) is 5.97 Å². The van der Waals surface area contributed by atoms with Gasteiger partial charge in [-0.25, -0.2) is 0 Å². The molecule has 0 aliphatic carbocycles. The molecule has 2 aromatic carbocycles. The van der Waals surface area contributed by atoms with Crippen LogP contribution in [0.3, 0.4) is 0 Å². The van der Waals surface area contributed by atoms with E-state index in [9.17, 15) is 4.79 Å². The third-order valence-electron chi connectivity index (χ3n) is 4.98. The molecule has 0 fully saturated rings. The number of ether oxygens (including phenoxy) is 1. The molecule has 1 heterocycles. The summed E-state index contributed by atoms with van der Waals surface area (Å²) < 4.78 is 6.71. The van der Waals surface area contributed by atoms with Crippen LogP contribution in [0.15, 0.2) is 67.0 Å². The highest BCUT2D eigenvalue weighted by Crippen LogP contribution is 2.19. The lowest BCUT2D eigenvalue weighted by Gasteiger charge is -2.13. The van der Waals surface area contributed by atoms with Crippen LogP contribution < -0.4 is 0 Å². The number of aromatic nitrogens is 2. The Morgan fingerprint density at radius 3 is 2.50 bits per heavy atom. The van der Waals surface area contributed by atoms with Gasteiger partial charge in [-0.1, -0.05) is 48.5 Å². The summed E-state index contributed by atoms with van der Waals surface area (Å²) >= 11 is 0. The molecule has 0 atom stereocenters. The monoisotopic (exact) mass is 376 g/mol. The Kier molecular flexibility index (Phi) is 7.42. The van der Waals surface area contributed by atoms with Crippen molar-refractivity contribution < 1.29 is 9.53 Å². The van der Waals surface area contributed by atoms with E-state index in [1.807, 2.05) is 23.1 Å². The Morgan fingerprint density at radius 1 is 0.929 bits per heavy atom. The lowest BCUT2D eigenvalue weighted by atomic mass is 9.94. The number of aryl methyl sites for hydroxylation is 3. The minimum atomic E-state index is -0.138. The number of carbonyl (C=O) groups is 1.